The minimum absolute atomic E-state index is 0.159. The van der Waals surface area contributed by atoms with Gasteiger partial charge in [0.25, 0.3) is 0 Å². The van der Waals surface area contributed by atoms with Gasteiger partial charge in [-0.1, -0.05) is 52.0 Å². The smallest absolute Gasteiger partial charge is 0.177 e. The molecule has 1 nitrogen and oxygen atoms in total. The van der Waals surface area contributed by atoms with Crippen LogP contribution >= 0.6 is 11.3 Å². The Kier molecular flexibility index (Phi) is 4.44. The van der Waals surface area contributed by atoms with Crippen LogP contribution < -0.4 is 0 Å². The van der Waals surface area contributed by atoms with Crippen molar-refractivity contribution in [3.63, 3.8) is 0 Å². The predicted molar refractivity (Wildman–Crippen MR) is 86.9 cm³/mol. The van der Waals surface area contributed by atoms with Crippen LogP contribution in [-0.4, -0.2) is 5.78 Å². The molecule has 0 saturated heterocycles. The fourth-order valence-electron chi connectivity index (χ4n) is 2.11. The second-order valence-electron chi connectivity index (χ2n) is 6.17. The highest BCUT2D eigenvalue weighted by atomic mass is 32.1. The maximum Gasteiger partial charge on any atom is 0.177 e. The molecule has 2 aromatic rings. The van der Waals surface area contributed by atoms with Crippen LogP contribution in [0.25, 0.3) is 0 Å². The van der Waals surface area contributed by atoms with Crippen LogP contribution in [0.15, 0.2) is 36.4 Å². The van der Waals surface area contributed by atoms with Crippen molar-refractivity contribution >= 4 is 17.1 Å². The molecule has 0 atom stereocenters. The van der Waals surface area contributed by atoms with Gasteiger partial charge in [0.2, 0.25) is 0 Å². The third kappa shape index (κ3) is 3.57. The Morgan fingerprint density at radius 2 is 1.70 bits per heavy atom. The van der Waals surface area contributed by atoms with Gasteiger partial charge in [-0.3, -0.25) is 4.79 Å². The van der Waals surface area contributed by atoms with E-state index in [2.05, 4.69) is 58.0 Å². The number of Topliss-reactive ketones (excluding diaryl/α,β-unsaturated/α-hetero) is 1. The Bertz CT molecular complexity index is 585. The van der Waals surface area contributed by atoms with Crippen molar-refractivity contribution in [1.29, 1.82) is 0 Å². The van der Waals surface area contributed by atoms with E-state index in [-0.39, 0.29) is 11.2 Å². The largest absolute Gasteiger partial charge is 0.293 e. The lowest BCUT2D eigenvalue weighted by atomic mass is 9.86. The molecule has 2 heteroatoms. The normalized spacial score (nSPS) is 11.6. The van der Waals surface area contributed by atoms with E-state index in [4.69, 9.17) is 0 Å². The van der Waals surface area contributed by atoms with Crippen molar-refractivity contribution < 1.29 is 4.79 Å². The molecular weight excluding hydrogens is 264 g/mol. The molecule has 0 aliphatic heterocycles. The third-order valence-corrected chi connectivity index (χ3v) is 4.74. The standard InChI is InChI=1S/C18H22OS/c1-5-15-10-11-17(20-15)16(19)12-13-6-8-14(9-7-13)18(2,3)4/h6-11H,5,12H2,1-4H3. The number of aryl methyl sites for hydroxylation is 1. The highest BCUT2D eigenvalue weighted by molar-refractivity contribution is 7.14. The number of rotatable bonds is 4. The van der Waals surface area contributed by atoms with Crippen molar-refractivity contribution in [2.24, 2.45) is 0 Å². The summed E-state index contributed by atoms with van der Waals surface area (Å²) in [5.74, 6) is 0.221. The average Bonchev–Trinajstić information content (AvgIpc) is 2.87. The number of carbonyl (C=O) groups excluding carboxylic acids is 1. The lowest BCUT2D eigenvalue weighted by Gasteiger charge is -2.19. The molecule has 0 fully saturated rings. The molecule has 2 rings (SSSR count). The van der Waals surface area contributed by atoms with Gasteiger partial charge in [-0.15, -0.1) is 11.3 Å². The van der Waals surface area contributed by atoms with Crippen molar-refractivity contribution in [1.82, 2.24) is 0 Å². The summed E-state index contributed by atoms with van der Waals surface area (Å²) in [6, 6.07) is 12.4. The fourth-order valence-corrected chi connectivity index (χ4v) is 3.00. The lowest BCUT2D eigenvalue weighted by Crippen LogP contribution is -2.11. The molecule has 0 amide bonds. The Labute approximate surface area is 125 Å². The maximum atomic E-state index is 12.2. The van der Waals surface area contributed by atoms with Crippen LogP contribution in [-0.2, 0) is 18.3 Å². The summed E-state index contributed by atoms with van der Waals surface area (Å²) in [7, 11) is 0. The van der Waals surface area contributed by atoms with E-state index in [1.165, 1.54) is 10.4 Å². The SMILES string of the molecule is CCc1ccc(C(=O)Cc2ccc(C(C)(C)C)cc2)s1. The first-order valence-electron chi connectivity index (χ1n) is 7.11. The zero-order valence-corrected chi connectivity index (χ0v) is 13.5. The summed E-state index contributed by atoms with van der Waals surface area (Å²) >= 11 is 1.62. The molecule has 0 radical (unpaired) electrons. The van der Waals surface area contributed by atoms with Crippen LogP contribution in [0.5, 0.6) is 0 Å². The molecule has 1 aromatic heterocycles. The van der Waals surface area contributed by atoms with E-state index in [1.54, 1.807) is 11.3 Å². The maximum absolute atomic E-state index is 12.2. The van der Waals surface area contributed by atoms with Gasteiger partial charge in [0.05, 0.1) is 4.88 Å². The van der Waals surface area contributed by atoms with Crippen molar-refractivity contribution in [2.75, 3.05) is 0 Å². The summed E-state index contributed by atoms with van der Waals surface area (Å²) in [5.41, 5.74) is 2.55. The molecule has 1 heterocycles. The van der Waals surface area contributed by atoms with Gasteiger partial charge in [0.15, 0.2) is 5.78 Å². The van der Waals surface area contributed by atoms with Crippen LogP contribution in [0.3, 0.4) is 0 Å². The van der Waals surface area contributed by atoms with E-state index in [1.807, 2.05) is 6.07 Å². The van der Waals surface area contributed by atoms with Crippen LogP contribution in [0.4, 0.5) is 0 Å². The van der Waals surface area contributed by atoms with Crippen LogP contribution in [0.2, 0.25) is 0 Å². The Morgan fingerprint density at radius 3 is 2.20 bits per heavy atom. The summed E-state index contributed by atoms with van der Waals surface area (Å²) < 4.78 is 0. The number of ketones is 1. The van der Waals surface area contributed by atoms with Crippen LogP contribution in [0.1, 0.15) is 53.4 Å². The van der Waals surface area contributed by atoms with Crippen LogP contribution in [0, 0.1) is 0 Å². The Balaban J connectivity index is 2.08. The number of carbonyl (C=O) groups is 1. The zero-order valence-electron chi connectivity index (χ0n) is 12.7. The summed E-state index contributed by atoms with van der Waals surface area (Å²) in [4.78, 5) is 14.4. The first-order chi connectivity index (χ1) is 9.40. The lowest BCUT2D eigenvalue weighted by molar-refractivity contribution is 0.0997. The van der Waals surface area contributed by atoms with Gasteiger partial charge in [-0.25, -0.2) is 0 Å². The van der Waals surface area contributed by atoms with Crippen molar-refractivity contribution in [3.8, 4) is 0 Å². The topological polar surface area (TPSA) is 17.1 Å². The van der Waals surface area contributed by atoms with E-state index in [0.29, 0.717) is 6.42 Å². The Morgan fingerprint density at radius 1 is 1.05 bits per heavy atom. The predicted octanol–water partition coefficient (Wildman–Crippen LogP) is 5.03. The molecule has 0 unspecified atom stereocenters. The molecule has 0 aliphatic rings. The summed E-state index contributed by atoms with van der Waals surface area (Å²) in [5, 5.41) is 0. The van der Waals surface area contributed by atoms with E-state index in [9.17, 15) is 4.79 Å². The summed E-state index contributed by atoms with van der Waals surface area (Å²) in [6.45, 7) is 8.71. The second kappa shape index (κ2) is 5.92. The van der Waals surface area contributed by atoms with E-state index in [0.717, 1.165) is 16.9 Å². The number of hydrogen-bond acceptors (Lipinski definition) is 2. The van der Waals surface area contributed by atoms with Crippen molar-refractivity contribution in [2.45, 2.75) is 46.0 Å². The second-order valence-corrected chi connectivity index (χ2v) is 7.33. The molecule has 0 bridgehead atoms. The van der Waals surface area contributed by atoms with Gasteiger partial charge < -0.3 is 0 Å². The highest BCUT2D eigenvalue weighted by Crippen LogP contribution is 2.23. The fraction of sp³-hybridized carbons (Fsp3) is 0.389. The molecule has 0 spiro atoms. The first kappa shape index (κ1) is 15.0. The molecule has 20 heavy (non-hydrogen) atoms. The monoisotopic (exact) mass is 286 g/mol. The minimum atomic E-state index is 0.159. The van der Waals surface area contributed by atoms with Gasteiger partial charge >= 0.3 is 0 Å². The molecule has 0 N–H and O–H groups in total. The molecule has 0 saturated carbocycles. The Hall–Kier alpha value is -1.41. The molecule has 0 aliphatic carbocycles. The van der Waals surface area contributed by atoms with Gasteiger partial charge in [-0.2, -0.15) is 0 Å². The van der Waals surface area contributed by atoms with E-state index < -0.39 is 0 Å². The number of benzene rings is 1. The van der Waals surface area contributed by atoms with Gasteiger partial charge in [-0.05, 0) is 35.1 Å². The minimum Gasteiger partial charge on any atom is -0.293 e. The van der Waals surface area contributed by atoms with Crippen molar-refractivity contribution in [3.05, 3.63) is 57.3 Å². The number of hydrogen-bond donors (Lipinski definition) is 0. The van der Waals surface area contributed by atoms with E-state index >= 15 is 0 Å². The average molecular weight is 286 g/mol. The molecular formula is C18H22OS. The van der Waals surface area contributed by atoms with Gasteiger partial charge in [0, 0.05) is 11.3 Å². The molecule has 106 valence electrons. The van der Waals surface area contributed by atoms with Gasteiger partial charge in [0.1, 0.15) is 0 Å². The zero-order chi connectivity index (χ0) is 14.8. The molecule has 1 aromatic carbocycles. The third-order valence-electron chi connectivity index (χ3n) is 3.47. The first-order valence-corrected chi connectivity index (χ1v) is 7.93. The summed E-state index contributed by atoms with van der Waals surface area (Å²) in [6.07, 6.45) is 1.49. The highest BCUT2D eigenvalue weighted by Gasteiger charge is 2.14. The quantitative estimate of drug-likeness (QED) is 0.720. The number of thiophene rings is 1.